The number of halogens is 1. The van der Waals surface area contributed by atoms with Gasteiger partial charge in [-0.05, 0) is 24.3 Å². The second-order valence-electron chi connectivity index (χ2n) is 5.64. The van der Waals surface area contributed by atoms with Crippen LogP contribution in [0.15, 0.2) is 54.6 Å². The SMILES string of the molecule is O=C(O[C@H](C(=O)N1CCOCC1)c1ccccc1)c1ccc(Cl)cc1. The van der Waals surface area contributed by atoms with Gasteiger partial charge >= 0.3 is 5.97 Å². The largest absolute Gasteiger partial charge is 0.444 e. The van der Waals surface area contributed by atoms with Gasteiger partial charge in [-0.3, -0.25) is 4.79 Å². The molecule has 25 heavy (non-hydrogen) atoms. The highest BCUT2D eigenvalue weighted by molar-refractivity contribution is 6.30. The average Bonchev–Trinajstić information content (AvgIpc) is 2.67. The van der Waals surface area contributed by atoms with E-state index >= 15 is 0 Å². The minimum atomic E-state index is -0.984. The summed E-state index contributed by atoms with van der Waals surface area (Å²) in [6.07, 6.45) is -0.984. The molecule has 1 fully saturated rings. The summed E-state index contributed by atoms with van der Waals surface area (Å²) in [7, 11) is 0. The first-order valence-corrected chi connectivity index (χ1v) is 8.41. The maximum Gasteiger partial charge on any atom is 0.339 e. The first-order valence-electron chi connectivity index (χ1n) is 8.03. The first-order chi connectivity index (χ1) is 12.1. The Bertz CT molecular complexity index is 727. The fourth-order valence-corrected chi connectivity index (χ4v) is 2.73. The van der Waals surface area contributed by atoms with Crippen molar-refractivity contribution in [2.45, 2.75) is 6.10 Å². The number of hydrogen-bond acceptors (Lipinski definition) is 4. The van der Waals surface area contributed by atoms with Gasteiger partial charge in [0.1, 0.15) is 0 Å². The molecule has 0 unspecified atom stereocenters. The van der Waals surface area contributed by atoms with Gasteiger partial charge in [0.25, 0.3) is 5.91 Å². The Morgan fingerprint density at radius 1 is 1.00 bits per heavy atom. The maximum atomic E-state index is 12.9. The van der Waals surface area contributed by atoms with Crippen LogP contribution < -0.4 is 0 Å². The molecule has 2 aromatic carbocycles. The van der Waals surface area contributed by atoms with Gasteiger partial charge in [-0.15, -0.1) is 0 Å². The molecule has 0 spiro atoms. The molecule has 1 saturated heterocycles. The molecule has 1 atom stereocenters. The van der Waals surface area contributed by atoms with Crippen LogP contribution in [-0.4, -0.2) is 43.1 Å². The molecule has 1 amide bonds. The summed E-state index contributed by atoms with van der Waals surface area (Å²) in [6, 6.07) is 15.4. The Kier molecular flexibility index (Phi) is 5.68. The van der Waals surface area contributed by atoms with Crippen LogP contribution in [-0.2, 0) is 14.3 Å². The van der Waals surface area contributed by atoms with E-state index in [2.05, 4.69) is 0 Å². The third-order valence-corrected chi connectivity index (χ3v) is 4.21. The number of benzene rings is 2. The van der Waals surface area contributed by atoms with Gasteiger partial charge in [0.05, 0.1) is 18.8 Å². The number of carbonyl (C=O) groups is 2. The minimum Gasteiger partial charge on any atom is -0.444 e. The molecule has 6 heteroatoms. The molecular formula is C19H18ClNO4. The van der Waals surface area contributed by atoms with E-state index in [4.69, 9.17) is 21.1 Å². The van der Waals surface area contributed by atoms with E-state index in [0.717, 1.165) is 0 Å². The Morgan fingerprint density at radius 3 is 2.28 bits per heavy atom. The number of esters is 1. The van der Waals surface area contributed by atoms with Gasteiger partial charge in [0, 0.05) is 23.7 Å². The van der Waals surface area contributed by atoms with Crippen molar-refractivity contribution in [3.05, 3.63) is 70.7 Å². The molecular weight excluding hydrogens is 342 g/mol. The summed E-state index contributed by atoms with van der Waals surface area (Å²) in [5.74, 6) is -0.802. The number of amides is 1. The van der Waals surface area contributed by atoms with Crippen molar-refractivity contribution in [3.8, 4) is 0 Å². The summed E-state index contributed by atoms with van der Waals surface area (Å²) in [4.78, 5) is 27.0. The lowest BCUT2D eigenvalue weighted by Crippen LogP contribution is -2.44. The van der Waals surface area contributed by atoms with E-state index < -0.39 is 12.1 Å². The summed E-state index contributed by atoms with van der Waals surface area (Å²) < 4.78 is 10.8. The molecule has 130 valence electrons. The molecule has 2 aromatic rings. The minimum absolute atomic E-state index is 0.239. The van der Waals surface area contributed by atoms with Crippen LogP contribution >= 0.6 is 11.6 Å². The predicted octanol–water partition coefficient (Wildman–Crippen LogP) is 3.10. The predicted molar refractivity (Wildman–Crippen MR) is 93.4 cm³/mol. The third kappa shape index (κ3) is 4.38. The monoisotopic (exact) mass is 359 g/mol. The Balaban J connectivity index is 1.82. The Hall–Kier alpha value is -2.37. The van der Waals surface area contributed by atoms with Crippen molar-refractivity contribution in [1.82, 2.24) is 4.90 Å². The van der Waals surface area contributed by atoms with E-state index in [9.17, 15) is 9.59 Å². The molecule has 0 saturated carbocycles. The summed E-state index contributed by atoms with van der Waals surface area (Å²) in [5, 5.41) is 0.528. The molecule has 1 aliphatic rings. The number of hydrogen-bond donors (Lipinski definition) is 0. The highest BCUT2D eigenvalue weighted by atomic mass is 35.5. The number of rotatable bonds is 4. The molecule has 3 rings (SSSR count). The van der Waals surface area contributed by atoms with Crippen molar-refractivity contribution >= 4 is 23.5 Å². The molecule has 0 aromatic heterocycles. The Labute approximate surface area is 151 Å². The van der Waals surface area contributed by atoms with Crippen molar-refractivity contribution in [2.75, 3.05) is 26.3 Å². The first kappa shape index (κ1) is 17.5. The van der Waals surface area contributed by atoms with Crippen molar-refractivity contribution in [1.29, 1.82) is 0 Å². The lowest BCUT2D eigenvalue weighted by molar-refractivity contribution is -0.145. The van der Waals surface area contributed by atoms with E-state index in [1.807, 2.05) is 18.2 Å². The molecule has 0 aliphatic carbocycles. The summed E-state index contributed by atoms with van der Waals surface area (Å²) in [6.45, 7) is 1.94. The molecule has 0 bridgehead atoms. The van der Waals surface area contributed by atoms with Gasteiger partial charge in [-0.2, -0.15) is 0 Å². The standard InChI is InChI=1S/C19H18ClNO4/c20-16-8-6-15(7-9-16)19(23)25-17(14-4-2-1-3-5-14)18(22)21-10-12-24-13-11-21/h1-9,17H,10-13H2/t17-/m0/s1. The molecule has 0 N–H and O–H groups in total. The fraction of sp³-hybridized carbons (Fsp3) is 0.263. The smallest absolute Gasteiger partial charge is 0.339 e. The number of morpholine rings is 1. The van der Waals surface area contributed by atoms with Gasteiger partial charge < -0.3 is 14.4 Å². The molecule has 5 nitrogen and oxygen atoms in total. The average molecular weight is 360 g/mol. The van der Waals surface area contributed by atoms with E-state index in [1.165, 1.54) is 0 Å². The fourth-order valence-electron chi connectivity index (χ4n) is 2.60. The highest BCUT2D eigenvalue weighted by Gasteiger charge is 2.30. The second kappa shape index (κ2) is 8.14. The van der Waals surface area contributed by atoms with Crippen LogP contribution in [0.25, 0.3) is 0 Å². The van der Waals surface area contributed by atoms with E-state index in [-0.39, 0.29) is 5.91 Å². The zero-order chi connectivity index (χ0) is 17.6. The molecule has 0 radical (unpaired) electrons. The normalized spacial score (nSPS) is 15.5. The molecule has 1 heterocycles. The molecule has 1 aliphatic heterocycles. The topological polar surface area (TPSA) is 55.8 Å². The van der Waals surface area contributed by atoms with Gasteiger partial charge in [0.15, 0.2) is 0 Å². The van der Waals surface area contributed by atoms with E-state index in [1.54, 1.807) is 41.3 Å². The summed E-state index contributed by atoms with van der Waals surface area (Å²) >= 11 is 5.85. The highest BCUT2D eigenvalue weighted by Crippen LogP contribution is 2.23. The van der Waals surface area contributed by atoms with Crippen LogP contribution in [0.2, 0.25) is 5.02 Å². The van der Waals surface area contributed by atoms with Gasteiger partial charge in [0.2, 0.25) is 6.10 Å². The maximum absolute atomic E-state index is 12.9. The van der Waals surface area contributed by atoms with Crippen molar-refractivity contribution < 1.29 is 19.1 Å². The number of carbonyl (C=O) groups excluding carboxylic acids is 2. The van der Waals surface area contributed by atoms with Crippen LogP contribution in [0.1, 0.15) is 22.0 Å². The zero-order valence-electron chi connectivity index (χ0n) is 13.6. The Morgan fingerprint density at radius 2 is 1.64 bits per heavy atom. The van der Waals surface area contributed by atoms with Crippen molar-refractivity contribution in [2.24, 2.45) is 0 Å². The number of nitrogens with zero attached hydrogens (tertiary/aromatic N) is 1. The number of ether oxygens (including phenoxy) is 2. The van der Waals surface area contributed by atoms with Crippen LogP contribution in [0.4, 0.5) is 0 Å². The van der Waals surface area contributed by atoms with Gasteiger partial charge in [-0.1, -0.05) is 41.9 Å². The summed E-state index contributed by atoms with van der Waals surface area (Å²) in [5.41, 5.74) is 0.987. The van der Waals surface area contributed by atoms with Crippen LogP contribution in [0.3, 0.4) is 0 Å². The van der Waals surface area contributed by atoms with Gasteiger partial charge in [-0.25, -0.2) is 4.79 Å². The van der Waals surface area contributed by atoms with Crippen molar-refractivity contribution in [3.63, 3.8) is 0 Å². The van der Waals surface area contributed by atoms with Crippen LogP contribution in [0.5, 0.6) is 0 Å². The lowest BCUT2D eigenvalue weighted by atomic mass is 10.1. The second-order valence-corrected chi connectivity index (χ2v) is 6.08. The lowest BCUT2D eigenvalue weighted by Gasteiger charge is -2.30. The zero-order valence-corrected chi connectivity index (χ0v) is 14.3. The third-order valence-electron chi connectivity index (χ3n) is 3.95. The van der Waals surface area contributed by atoms with Crippen LogP contribution in [0, 0.1) is 0 Å². The quantitative estimate of drug-likeness (QED) is 0.787. The van der Waals surface area contributed by atoms with E-state index in [0.29, 0.717) is 42.5 Å².